The Hall–Kier alpha value is -2.47. The van der Waals surface area contributed by atoms with Crippen LogP contribution in [0.25, 0.3) is 6.08 Å². The summed E-state index contributed by atoms with van der Waals surface area (Å²) in [6.45, 7) is 5.85. The lowest BCUT2D eigenvalue weighted by molar-refractivity contribution is 0.0207. The predicted molar refractivity (Wildman–Crippen MR) is 106 cm³/mol. The summed E-state index contributed by atoms with van der Waals surface area (Å²) in [5.41, 5.74) is 8.33. The second-order valence-electron chi connectivity index (χ2n) is 7.08. The number of hydrogen-bond acceptors (Lipinski definition) is 4. The molecule has 0 saturated carbocycles. The maximum Gasteiger partial charge on any atom is 0.251 e. The van der Waals surface area contributed by atoms with Crippen LogP contribution in [0, 0.1) is 0 Å². The molecule has 1 aliphatic carbocycles. The lowest BCUT2D eigenvalue weighted by Crippen LogP contribution is -2.27. The lowest BCUT2D eigenvalue weighted by atomic mass is 10.0. The van der Waals surface area contributed by atoms with E-state index >= 15 is 0 Å². The van der Waals surface area contributed by atoms with Crippen molar-refractivity contribution in [1.82, 2.24) is 16.1 Å². The largest absolute Gasteiger partial charge is 0.345 e. The standard InChI is InChI=1S/C22H25N3O2/c1-3-14-6-5-7-17(12-14)22(26)23-19-11-9-15-13-16(8-10-18(15)19)21-24-20(4-2)27-25-21/h3,5-8,10,12-13,19-21,24-25H,1,4,9,11H2,2H3,(H,23,26)/t19-,20?,21?/m1/s1. The van der Waals surface area contributed by atoms with E-state index < -0.39 is 0 Å². The third-order valence-electron chi connectivity index (χ3n) is 5.32. The van der Waals surface area contributed by atoms with Gasteiger partial charge in [-0.05, 0) is 53.6 Å². The van der Waals surface area contributed by atoms with Gasteiger partial charge in [-0.3, -0.25) is 14.9 Å². The maximum atomic E-state index is 12.6. The van der Waals surface area contributed by atoms with Crippen LogP contribution < -0.4 is 16.1 Å². The molecule has 3 atom stereocenters. The first-order valence-corrected chi connectivity index (χ1v) is 9.51. The van der Waals surface area contributed by atoms with Gasteiger partial charge in [0.1, 0.15) is 12.4 Å². The molecule has 2 unspecified atom stereocenters. The first kappa shape index (κ1) is 17.9. The summed E-state index contributed by atoms with van der Waals surface area (Å²) in [4.78, 5) is 18.1. The van der Waals surface area contributed by atoms with Gasteiger partial charge in [0.05, 0.1) is 6.04 Å². The third kappa shape index (κ3) is 3.67. The molecule has 5 heteroatoms. The van der Waals surface area contributed by atoms with Crippen LogP contribution in [0.5, 0.6) is 0 Å². The highest BCUT2D eigenvalue weighted by Gasteiger charge is 2.28. The topological polar surface area (TPSA) is 62.4 Å². The molecule has 140 valence electrons. The molecule has 1 amide bonds. The van der Waals surface area contributed by atoms with Gasteiger partial charge in [0.25, 0.3) is 5.91 Å². The summed E-state index contributed by atoms with van der Waals surface area (Å²) >= 11 is 0. The molecule has 1 saturated heterocycles. The SMILES string of the molecule is C=Cc1cccc(C(=O)N[C@@H]2CCc3cc(C4NOC(CC)N4)ccc32)c1. The minimum Gasteiger partial charge on any atom is -0.345 e. The molecular formula is C22H25N3O2. The Morgan fingerprint density at radius 3 is 3.00 bits per heavy atom. The normalized spacial score (nSPS) is 23.8. The van der Waals surface area contributed by atoms with Crippen molar-refractivity contribution < 1.29 is 9.63 Å². The highest BCUT2D eigenvalue weighted by atomic mass is 16.7. The van der Waals surface area contributed by atoms with E-state index in [1.54, 1.807) is 6.08 Å². The van der Waals surface area contributed by atoms with Crippen LogP contribution in [0.1, 0.15) is 64.6 Å². The Morgan fingerprint density at radius 1 is 1.33 bits per heavy atom. The summed E-state index contributed by atoms with van der Waals surface area (Å²) in [6, 6.07) is 14.0. The molecule has 0 spiro atoms. The quantitative estimate of drug-likeness (QED) is 0.759. The van der Waals surface area contributed by atoms with Gasteiger partial charge < -0.3 is 5.32 Å². The third-order valence-corrected chi connectivity index (χ3v) is 5.32. The second-order valence-corrected chi connectivity index (χ2v) is 7.08. The van der Waals surface area contributed by atoms with Crippen LogP contribution in [0.3, 0.4) is 0 Å². The van der Waals surface area contributed by atoms with Crippen LogP contribution in [0.4, 0.5) is 0 Å². The van der Waals surface area contributed by atoms with E-state index in [4.69, 9.17) is 4.84 Å². The molecule has 0 bridgehead atoms. The molecule has 2 aromatic rings. The first-order valence-electron chi connectivity index (χ1n) is 9.51. The van der Waals surface area contributed by atoms with E-state index in [9.17, 15) is 4.79 Å². The fourth-order valence-corrected chi connectivity index (χ4v) is 3.78. The van der Waals surface area contributed by atoms with Crippen molar-refractivity contribution in [2.75, 3.05) is 0 Å². The molecule has 0 radical (unpaired) electrons. The summed E-state index contributed by atoms with van der Waals surface area (Å²) in [6.07, 6.45) is 4.60. The molecule has 0 aromatic heterocycles. The first-order chi connectivity index (χ1) is 13.2. The highest BCUT2D eigenvalue weighted by Crippen LogP contribution is 2.33. The number of nitrogens with one attached hydrogen (secondary N) is 3. The van der Waals surface area contributed by atoms with Crippen molar-refractivity contribution in [1.29, 1.82) is 0 Å². The number of aryl methyl sites for hydroxylation is 1. The molecule has 2 aliphatic rings. The Labute approximate surface area is 159 Å². The van der Waals surface area contributed by atoms with Crippen LogP contribution in [0.2, 0.25) is 0 Å². The van der Waals surface area contributed by atoms with Crippen LogP contribution in [-0.4, -0.2) is 12.1 Å². The van der Waals surface area contributed by atoms with Crippen molar-refractivity contribution in [3.8, 4) is 0 Å². The molecule has 1 fully saturated rings. The average Bonchev–Trinajstić information content (AvgIpc) is 3.35. The van der Waals surface area contributed by atoms with Crippen LogP contribution >= 0.6 is 0 Å². The van der Waals surface area contributed by atoms with Crippen molar-refractivity contribution in [2.24, 2.45) is 0 Å². The van der Waals surface area contributed by atoms with Gasteiger partial charge >= 0.3 is 0 Å². The van der Waals surface area contributed by atoms with E-state index in [1.807, 2.05) is 24.3 Å². The fourth-order valence-electron chi connectivity index (χ4n) is 3.78. The Kier molecular flexibility index (Phi) is 5.07. The molecule has 5 nitrogen and oxygen atoms in total. The fraction of sp³-hybridized carbons (Fsp3) is 0.318. The molecule has 1 aliphatic heterocycles. The zero-order valence-electron chi connectivity index (χ0n) is 15.5. The summed E-state index contributed by atoms with van der Waals surface area (Å²) in [5.74, 6) is -0.0426. The summed E-state index contributed by atoms with van der Waals surface area (Å²) in [5, 5.41) is 6.59. The molecule has 4 rings (SSSR count). The number of amides is 1. The van der Waals surface area contributed by atoms with Gasteiger partial charge in [-0.2, -0.15) is 5.48 Å². The smallest absolute Gasteiger partial charge is 0.251 e. The number of fused-ring (bicyclic) bond motifs is 1. The predicted octanol–water partition coefficient (Wildman–Crippen LogP) is 3.61. The molecule has 3 N–H and O–H groups in total. The van der Waals surface area contributed by atoms with Crippen LogP contribution in [-0.2, 0) is 11.3 Å². The summed E-state index contributed by atoms with van der Waals surface area (Å²) in [7, 11) is 0. The van der Waals surface area contributed by atoms with E-state index in [0.717, 1.165) is 30.4 Å². The van der Waals surface area contributed by atoms with Crippen molar-refractivity contribution in [3.63, 3.8) is 0 Å². The minimum atomic E-state index is -0.0426. The average molecular weight is 363 g/mol. The maximum absolute atomic E-state index is 12.6. The van der Waals surface area contributed by atoms with Crippen molar-refractivity contribution in [3.05, 3.63) is 76.9 Å². The number of carbonyl (C=O) groups is 1. The monoisotopic (exact) mass is 363 g/mol. The second kappa shape index (κ2) is 7.64. The number of benzene rings is 2. The molecule has 27 heavy (non-hydrogen) atoms. The van der Waals surface area contributed by atoms with E-state index in [2.05, 4.69) is 47.8 Å². The zero-order valence-corrected chi connectivity index (χ0v) is 15.5. The van der Waals surface area contributed by atoms with Gasteiger partial charge in [0, 0.05) is 5.56 Å². The van der Waals surface area contributed by atoms with E-state index in [1.165, 1.54) is 11.1 Å². The number of rotatable bonds is 5. The van der Waals surface area contributed by atoms with E-state index in [0.29, 0.717) is 5.56 Å². The Bertz CT molecular complexity index is 864. The molecule has 1 heterocycles. The number of hydrogen-bond donors (Lipinski definition) is 3. The highest BCUT2D eigenvalue weighted by molar-refractivity contribution is 5.95. The van der Waals surface area contributed by atoms with Gasteiger partial charge in [-0.25, -0.2) is 0 Å². The molecule has 2 aromatic carbocycles. The van der Waals surface area contributed by atoms with Gasteiger partial charge in [0.15, 0.2) is 0 Å². The van der Waals surface area contributed by atoms with Crippen molar-refractivity contribution in [2.45, 2.75) is 44.6 Å². The Balaban J connectivity index is 1.47. The van der Waals surface area contributed by atoms with Crippen LogP contribution in [0.15, 0.2) is 49.0 Å². The van der Waals surface area contributed by atoms with Crippen molar-refractivity contribution >= 4 is 12.0 Å². The summed E-state index contributed by atoms with van der Waals surface area (Å²) < 4.78 is 0. The molecular weight excluding hydrogens is 338 g/mol. The van der Waals surface area contributed by atoms with Gasteiger partial charge in [-0.15, -0.1) is 0 Å². The van der Waals surface area contributed by atoms with E-state index in [-0.39, 0.29) is 24.3 Å². The number of hydroxylamine groups is 1. The Morgan fingerprint density at radius 2 is 2.22 bits per heavy atom. The zero-order chi connectivity index (χ0) is 18.8. The lowest BCUT2D eigenvalue weighted by Gasteiger charge is -2.16. The van der Waals surface area contributed by atoms with Gasteiger partial charge in [0.2, 0.25) is 0 Å². The number of carbonyl (C=O) groups excluding carboxylic acids is 1. The minimum absolute atomic E-state index is 0.00975. The van der Waals surface area contributed by atoms with Gasteiger partial charge in [-0.1, -0.05) is 49.9 Å².